The lowest BCUT2D eigenvalue weighted by Crippen LogP contribution is -2.15. The van der Waals surface area contributed by atoms with Crippen molar-refractivity contribution < 1.29 is 18.7 Å². The molecule has 15 heavy (non-hydrogen) atoms. The van der Waals surface area contributed by atoms with Gasteiger partial charge in [-0.15, -0.1) is 0 Å². The van der Waals surface area contributed by atoms with Crippen LogP contribution in [0.4, 0.5) is 4.39 Å². The predicted octanol–water partition coefficient (Wildman–Crippen LogP) is 2.42. The highest BCUT2D eigenvalue weighted by Gasteiger charge is 2.07. The highest BCUT2D eigenvalue weighted by molar-refractivity contribution is 6.30. The molecule has 0 atom stereocenters. The van der Waals surface area contributed by atoms with Gasteiger partial charge in [0.2, 0.25) is 0 Å². The van der Waals surface area contributed by atoms with E-state index in [0.29, 0.717) is 5.02 Å². The number of carbonyl (C=O) groups excluding carboxylic acids is 1. The molecule has 0 saturated carbocycles. The second-order valence-electron chi connectivity index (χ2n) is 2.67. The molecule has 0 N–H and O–H groups in total. The monoisotopic (exact) mass is 232 g/mol. The Labute approximate surface area is 91.7 Å². The van der Waals surface area contributed by atoms with Gasteiger partial charge < -0.3 is 9.47 Å². The van der Waals surface area contributed by atoms with Crippen molar-refractivity contribution in [2.24, 2.45) is 0 Å². The summed E-state index contributed by atoms with van der Waals surface area (Å²) >= 11 is 5.63. The van der Waals surface area contributed by atoms with Crippen LogP contribution in [0.2, 0.25) is 5.02 Å². The third-order valence-electron chi connectivity index (χ3n) is 1.54. The zero-order valence-electron chi connectivity index (χ0n) is 8.13. The van der Waals surface area contributed by atoms with Crippen molar-refractivity contribution in [2.45, 2.75) is 6.92 Å². The van der Waals surface area contributed by atoms with Crippen LogP contribution in [0.25, 0.3) is 0 Å². The fourth-order valence-electron chi connectivity index (χ4n) is 0.927. The van der Waals surface area contributed by atoms with Crippen molar-refractivity contribution in [2.75, 3.05) is 13.2 Å². The third-order valence-corrected chi connectivity index (χ3v) is 1.78. The smallest absolute Gasteiger partial charge is 0.344 e. The van der Waals surface area contributed by atoms with Crippen molar-refractivity contribution in [1.29, 1.82) is 0 Å². The Balaban J connectivity index is 2.57. The van der Waals surface area contributed by atoms with E-state index in [4.69, 9.17) is 16.3 Å². The van der Waals surface area contributed by atoms with Crippen molar-refractivity contribution in [1.82, 2.24) is 0 Å². The lowest BCUT2D eigenvalue weighted by molar-refractivity contribution is -0.145. The van der Waals surface area contributed by atoms with Gasteiger partial charge in [-0.1, -0.05) is 11.6 Å². The first-order valence-corrected chi connectivity index (χ1v) is 4.74. The summed E-state index contributed by atoms with van der Waals surface area (Å²) in [4.78, 5) is 10.9. The molecule has 0 aliphatic rings. The molecular weight excluding hydrogens is 223 g/mol. The van der Waals surface area contributed by atoms with Gasteiger partial charge >= 0.3 is 5.97 Å². The van der Waals surface area contributed by atoms with Crippen LogP contribution in [0.1, 0.15) is 6.92 Å². The van der Waals surface area contributed by atoms with Crippen LogP contribution in [0.3, 0.4) is 0 Å². The van der Waals surface area contributed by atoms with Gasteiger partial charge in [-0.05, 0) is 19.1 Å². The van der Waals surface area contributed by atoms with Gasteiger partial charge in [0.25, 0.3) is 0 Å². The van der Waals surface area contributed by atoms with Crippen LogP contribution in [0.5, 0.6) is 5.75 Å². The highest BCUT2D eigenvalue weighted by atomic mass is 35.5. The number of carbonyl (C=O) groups is 1. The third kappa shape index (κ3) is 3.75. The fraction of sp³-hybridized carbons (Fsp3) is 0.300. The first-order chi connectivity index (χ1) is 7.13. The van der Waals surface area contributed by atoms with Gasteiger partial charge in [0.05, 0.1) is 6.61 Å². The summed E-state index contributed by atoms with van der Waals surface area (Å²) < 4.78 is 22.6. The molecule has 5 heteroatoms. The Bertz CT molecular complexity index is 355. The van der Waals surface area contributed by atoms with Crippen LogP contribution in [-0.4, -0.2) is 19.2 Å². The average Bonchev–Trinajstić information content (AvgIpc) is 2.20. The maximum atomic E-state index is 13.1. The van der Waals surface area contributed by atoms with Crippen LogP contribution in [-0.2, 0) is 9.53 Å². The molecule has 0 fully saturated rings. The largest absolute Gasteiger partial charge is 0.479 e. The van der Waals surface area contributed by atoms with E-state index in [1.54, 1.807) is 6.92 Å². The SMILES string of the molecule is CCOC(=O)COc1cc(Cl)ccc1F. The molecule has 0 spiro atoms. The number of halogens is 2. The first kappa shape index (κ1) is 11.8. The van der Waals surface area contributed by atoms with Gasteiger partial charge in [0, 0.05) is 11.1 Å². The Kier molecular flexibility index (Phi) is 4.37. The van der Waals surface area contributed by atoms with Gasteiger partial charge in [-0.25, -0.2) is 9.18 Å². The van der Waals surface area contributed by atoms with Crippen molar-refractivity contribution in [3.8, 4) is 5.75 Å². The molecule has 3 nitrogen and oxygen atoms in total. The van der Waals surface area contributed by atoms with Crippen molar-refractivity contribution in [3.05, 3.63) is 29.0 Å². The van der Waals surface area contributed by atoms with Gasteiger partial charge in [0.1, 0.15) is 0 Å². The molecule has 0 saturated heterocycles. The minimum Gasteiger partial charge on any atom is -0.479 e. The van der Waals surface area contributed by atoms with Crippen LogP contribution >= 0.6 is 11.6 Å². The van der Waals surface area contributed by atoms with E-state index in [9.17, 15) is 9.18 Å². The van der Waals surface area contributed by atoms with Crippen LogP contribution in [0.15, 0.2) is 18.2 Å². The molecule has 82 valence electrons. The van der Waals surface area contributed by atoms with Gasteiger partial charge in [0.15, 0.2) is 18.2 Å². The summed E-state index contributed by atoms with van der Waals surface area (Å²) in [5.74, 6) is -1.17. The van der Waals surface area contributed by atoms with E-state index in [0.717, 1.165) is 0 Å². The number of hydrogen-bond acceptors (Lipinski definition) is 3. The van der Waals surface area contributed by atoms with E-state index >= 15 is 0 Å². The Morgan fingerprint density at radius 2 is 2.27 bits per heavy atom. The zero-order valence-corrected chi connectivity index (χ0v) is 8.88. The number of rotatable bonds is 4. The quantitative estimate of drug-likeness (QED) is 0.748. The summed E-state index contributed by atoms with van der Waals surface area (Å²) in [6.45, 7) is 1.61. The van der Waals surface area contributed by atoms with Gasteiger partial charge in [-0.3, -0.25) is 0 Å². The highest BCUT2D eigenvalue weighted by Crippen LogP contribution is 2.21. The van der Waals surface area contributed by atoms with Gasteiger partial charge in [-0.2, -0.15) is 0 Å². The second kappa shape index (κ2) is 5.56. The first-order valence-electron chi connectivity index (χ1n) is 4.37. The molecule has 0 aliphatic heterocycles. The lowest BCUT2D eigenvalue weighted by atomic mass is 10.3. The molecule has 0 aliphatic carbocycles. The summed E-state index contributed by atoms with van der Waals surface area (Å²) in [6, 6.07) is 3.87. The normalized spacial score (nSPS) is 9.80. The molecule has 0 amide bonds. The van der Waals surface area contributed by atoms with E-state index < -0.39 is 11.8 Å². The maximum Gasteiger partial charge on any atom is 0.344 e. The number of ether oxygens (including phenoxy) is 2. The Morgan fingerprint density at radius 3 is 2.93 bits per heavy atom. The molecule has 1 aromatic carbocycles. The summed E-state index contributed by atoms with van der Waals surface area (Å²) in [5, 5.41) is 0.343. The molecule has 1 aromatic rings. The predicted molar refractivity (Wildman–Crippen MR) is 53.5 cm³/mol. The van der Waals surface area contributed by atoms with E-state index in [-0.39, 0.29) is 19.0 Å². The standard InChI is InChI=1S/C10H10ClFO3/c1-2-14-10(13)6-15-9-5-7(11)3-4-8(9)12/h3-5H,2,6H2,1H3. The summed E-state index contributed by atoms with van der Waals surface area (Å²) in [7, 11) is 0. The summed E-state index contributed by atoms with van der Waals surface area (Å²) in [5.41, 5.74) is 0. The number of esters is 1. The zero-order chi connectivity index (χ0) is 11.3. The maximum absolute atomic E-state index is 13.1. The van der Waals surface area contributed by atoms with E-state index in [1.165, 1.54) is 18.2 Å². The molecule has 0 radical (unpaired) electrons. The molecule has 1 rings (SSSR count). The topological polar surface area (TPSA) is 35.5 Å². The van der Waals surface area contributed by atoms with E-state index in [2.05, 4.69) is 4.74 Å². The molecule has 0 heterocycles. The van der Waals surface area contributed by atoms with Crippen LogP contribution in [0, 0.1) is 5.82 Å². The minimum absolute atomic E-state index is 0.0597. The summed E-state index contributed by atoms with van der Waals surface area (Å²) in [6.07, 6.45) is 0. The fourth-order valence-corrected chi connectivity index (χ4v) is 1.09. The molecule has 0 bridgehead atoms. The van der Waals surface area contributed by atoms with Crippen molar-refractivity contribution >= 4 is 17.6 Å². The average molecular weight is 233 g/mol. The molecular formula is C10H10ClFO3. The lowest BCUT2D eigenvalue weighted by Gasteiger charge is -2.06. The van der Waals surface area contributed by atoms with Crippen LogP contribution < -0.4 is 4.74 Å². The number of hydrogen-bond donors (Lipinski definition) is 0. The van der Waals surface area contributed by atoms with Crippen molar-refractivity contribution in [3.63, 3.8) is 0 Å². The number of benzene rings is 1. The van der Waals surface area contributed by atoms with E-state index in [1.807, 2.05) is 0 Å². The second-order valence-corrected chi connectivity index (χ2v) is 3.10. The molecule has 0 aromatic heterocycles. The Hall–Kier alpha value is -1.29. The minimum atomic E-state index is -0.566. The Morgan fingerprint density at radius 1 is 1.53 bits per heavy atom. The molecule has 0 unspecified atom stereocenters.